The molecule has 0 aliphatic carbocycles. The first-order valence-electron chi connectivity index (χ1n) is 9.45. The van der Waals surface area contributed by atoms with Crippen LogP contribution in [0.5, 0.6) is 0 Å². The van der Waals surface area contributed by atoms with Crippen LogP contribution in [0.15, 0.2) is 4.99 Å². The van der Waals surface area contributed by atoms with Crippen LogP contribution in [0.1, 0.15) is 53.4 Å². The van der Waals surface area contributed by atoms with Gasteiger partial charge in [-0.1, -0.05) is 20.3 Å². The van der Waals surface area contributed by atoms with E-state index in [2.05, 4.69) is 53.1 Å². The highest BCUT2D eigenvalue weighted by Gasteiger charge is 2.27. The monoisotopic (exact) mass is 453 g/mol. The van der Waals surface area contributed by atoms with Gasteiger partial charge in [-0.15, -0.1) is 24.0 Å². The molecule has 0 spiro atoms. The molecule has 1 heterocycles. The summed E-state index contributed by atoms with van der Waals surface area (Å²) in [6, 6.07) is 0. The Morgan fingerprint density at radius 2 is 1.75 bits per heavy atom. The Labute approximate surface area is 167 Å². The molecule has 0 aromatic rings. The average Bonchev–Trinajstić information content (AvgIpc) is 2.57. The predicted molar refractivity (Wildman–Crippen MR) is 117 cm³/mol. The van der Waals surface area contributed by atoms with Gasteiger partial charge in [-0.3, -0.25) is 9.89 Å². The molecule has 1 aliphatic heterocycles. The molecule has 24 heavy (non-hydrogen) atoms. The number of nitrogens with one attached hydrogen (secondary N) is 2. The van der Waals surface area contributed by atoms with Gasteiger partial charge < -0.3 is 15.5 Å². The van der Waals surface area contributed by atoms with Crippen LogP contribution in [0.3, 0.4) is 0 Å². The molecule has 1 saturated heterocycles. The highest BCUT2D eigenvalue weighted by molar-refractivity contribution is 14.0. The van der Waals surface area contributed by atoms with E-state index in [0.717, 1.165) is 32.1 Å². The van der Waals surface area contributed by atoms with Crippen molar-refractivity contribution in [1.82, 2.24) is 20.4 Å². The highest BCUT2D eigenvalue weighted by atomic mass is 127. The molecular formula is C18H40IN5. The third-order valence-electron chi connectivity index (χ3n) is 4.83. The van der Waals surface area contributed by atoms with Gasteiger partial charge >= 0.3 is 0 Å². The van der Waals surface area contributed by atoms with Gasteiger partial charge in [0, 0.05) is 32.2 Å². The molecule has 0 amide bonds. The van der Waals surface area contributed by atoms with Crippen LogP contribution >= 0.6 is 24.0 Å². The number of aliphatic imine (C=N–C) groups is 1. The van der Waals surface area contributed by atoms with Crippen molar-refractivity contribution in [2.24, 2.45) is 4.99 Å². The highest BCUT2D eigenvalue weighted by Crippen LogP contribution is 2.19. The third-order valence-corrected chi connectivity index (χ3v) is 4.83. The van der Waals surface area contributed by atoms with Gasteiger partial charge in [0.15, 0.2) is 5.96 Å². The summed E-state index contributed by atoms with van der Waals surface area (Å²) in [4.78, 5) is 9.44. The maximum atomic E-state index is 4.36. The van der Waals surface area contributed by atoms with E-state index in [1.807, 2.05) is 7.05 Å². The summed E-state index contributed by atoms with van der Waals surface area (Å²) in [6.45, 7) is 16.8. The lowest BCUT2D eigenvalue weighted by atomic mass is 9.98. The van der Waals surface area contributed by atoms with E-state index in [4.69, 9.17) is 0 Å². The molecule has 0 bridgehead atoms. The van der Waals surface area contributed by atoms with Crippen molar-refractivity contribution in [3.05, 3.63) is 0 Å². The molecule has 0 unspecified atom stereocenters. The third kappa shape index (κ3) is 8.85. The Kier molecular flexibility index (Phi) is 13.1. The van der Waals surface area contributed by atoms with Gasteiger partial charge in [0.25, 0.3) is 0 Å². The van der Waals surface area contributed by atoms with E-state index >= 15 is 0 Å². The van der Waals surface area contributed by atoms with Crippen LogP contribution in [-0.4, -0.2) is 74.2 Å². The SMILES string of the molecule is CCCN(CC)CCNC(=NC)NCC(C)(C)N1CCCCC1.I. The van der Waals surface area contributed by atoms with E-state index in [1.165, 1.54) is 45.3 Å². The number of likely N-dealkylation sites (tertiary alicyclic amines) is 1. The second-order valence-electron chi connectivity index (χ2n) is 7.15. The number of halogens is 1. The molecule has 1 rings (SSSR count). The van der Waals surface area contributed by atoms with Crippen LogP contribution in [0, 0.1) is 0 Å². The van der Waals surface area contributed by atoms with Crippen molar-refractivity contribution >= 4 is 29.9 Å². The minimum atomic E-state index is 0. The van der Waals surface area contributed by atoms with Crippen LogP contribution < -0.4 is 10.6 Å². The van der Waals surface area contributed by atoms with Gasteiger partial charge in [0.05, 0.1) is 0 Å². The summed E-state index contributed by atoms with van der Waals surface area (Å²) in [5.41, 5.74) is 0.176. The standard InChI is InChI=1S/C18H39N5.HI/c1-6-12-22(7-2)15-11-20-17(19-5)21-16-18(3,4)23-13-9-8-10-14-23;/h6-16H2,1-5H3,(H2,19,20,21);1H. The van der Waals surface area contributed by atoms with Crippen molar-refractivity contribution in [3.63, 3.8) is 0 Å². The molecule has 2 N–H and O–H groups in total. The summed E-state index contributed by atoms with van der Waals surface area (Å²) in [7, 11) is 1.85. The van der Waals surface area contributed by atoms with Crippen molar-refractivity contribution in [1.29, 1.82) is 0 Å². The molecule has 0 radical (unpaired) electrons. The minimum Gasteiger partial charge on any atom is -0.355 e. The Morgan fingerprint density at radius 3 is 2.29 bits per heavy atom. The summed E-state index contributed by atoms with van der Waals surface area (Å²) in [5, 5.41) is 6.96. The molecule has 1 fully saturated rings. The molecular weight excluding hydrogens is 413 g/mol. The normalized spacial score (nSPS) is 16.8. The van der Waals surface area contributed by atoms with Gasteiger partial charge in [-0.25, -0.2) is 0 Å². The minimum absolute atomic E-state index is 0. The van der Waals surface area contributed by atoms with Crippen LogP contribution in [0.25, 0.3) is 0 Å². The fourth-order valence-electron chi connectivity index (χ4n) is 3.21. The molecule has 0 aromatic carbocycles. The average molecular weight is 453 g/mol. The van der Waals surface area contributed by atoms with E-state index < -0.39 is 0 Å². The summed E-state index contributed by atoms with van der Waals surface area (Å²) >= 11 is 0. The fraction of sp³-hybridized carbons (Fsp3) is 0.944. The number of hydrogen-bond donors (Lipinski definition) is 2. The zero-order chi connectivity index (χ0) is 17.1. The smallest absolute Gasteiger partial charge is 0.191 e. The molecule has 6 heteroatoms. The van der Waals surface area contributed by atoms with E-state index in [1.54, 1.807) is 0 Å². The number of hydrogen-bond acceptors (Lipinski definition) is 3. The maximum absolute atomic E-state index is 4.36. The molecule has 0 aromatic heterocycles. The Morgan fingerprint density at radius 1 is 1.08 bits per heavy atom. The summed E-state index contributed by atoms with van der Waals surface area (Å²) in [5.74, 6) is 0.919. The van der Waals surface area contributed by atoms with E-state index in [9.17, 15) is 0 Å². The quantitative estimate of drug-likeness (QED) is 0.320. The first-order valence-corrected chi connectivity index (χ1v) is 9.45. The van der Waals surface area contributed by atoms with Crippen molar-refractivity contribution in [2.75, 3.05) is 52.9 Å². The van der Waals surface area contributed by atoms with E-state index in [0.29, 0.717) is 0 Å². The van der Waals surface area contributed by atoms with Crippen LogP contribution in [0.2, 0.25) is 0 Å². The Hall–Kier alpha value is -0.0800. The van der Waals surface area contributed by atoms with Crippen molar-refractivity contribution < 1.29 is 0 Å². The lowest BCUT2D eigenvalue weighted by Gasteiger charge is -2.41. The number of piperidine rings is 1. The number of nitrogens with zero attached hydrogens (tertiary/aromatic N) is 3. The molecule has 0 saturated carbocycles. The zero-order valence-electron chi connectivity index (χ0n) is 16.5. The topological polar surface area (TPSA) is 42.9 Å². The van der Waals surface area contributed by atoms with Gasteiger partial charge in [-0.2, -0.15) is 0 Å². The van der Waals surface area contributed by atoms with Crippen molar-refractivity contribution in [3.8, 4) is 0 Å². The molecule has 1 aliphatic rings. The number of rotatable bonds is 9. The second kappa shape index (κ2) is 13.2. The second-order valence-corrected chi connectivity index (χ2v) is 7.15. The fourth-order valence-corrected chi connectivity index (χ4v) is 3.21. The van der Waals surface area contributed by atoms with E-state index in [-0.39, 0.29) is 29.5 Å². The lowest BCUT2D eigenvalue weighted by Crippen LogP contribution is -2.55. The number of guanidine groups is 1. The zero-order valence-corrected chi connectivity index (χ0v) is 18.9. The Balaban J connectivity index is 0.00000529. The van der Waals surface area contributed by atoms with Crippen molar-refractivity contribution in [2.45, 2.75) is 58.9 Å². The van der Waals surface area contributed by atoms with Gasteiger partial charge in [0.1, 0.15) is 0 Å². The molecule has 0 atom stereocenters. The van der Waals surface area contributed by atoms with Crippen LogP contribution in [-0.2, 0) is 0 Å². The predicted octanol–water partition coefficient (Wildman–Crippen LogP) is 2.77. The van der Waals surface area contributed by atoms with Gasteiger partial charge in [-0.05, 0) is 59.3 Å². The first kappa shape index (κ1) is 23.9. The lowest BCUT2D eigenvalue weighted by molar-refractivity contribution is 0.0982. The summed E-state index contributed by atoms with van der Waals surface area (Å²) < 4.78 is 0. The maximum Gasteiger partial charge on any atom is 0.191 e. The Bertz CT molecular complexity index is 340. The van der Waals surface area contributed by atoms with Gasteiger partial charge in [0.2, 0.25) is 0 Å². The van der Waals surface area contributed by atoms with Crippen LogP contribution in [0.4, 0.5) is 0 Å². The molecule has 144 valence electrons. The largest absolute Gasteiger partial charge is 0.355 e. The summed E-state index contributed by atoms with van der Waals surface area (Å²) in [6.07, 6.45) is 5.27. The first-order chi connectivity index (χ1) is 11.0. The molecule has 5 nitrogen and oxygen atoms in total. The number of likely N-dealkylation sites (N-methyl/N-ethyl adjacent to an activating group) is 1.